The summed E-state index contributed by atoms with van der Waals surface area (Å²) in [5, 5.41) is 8.71. The Bertz CT molecular complexity index is 684. The van der Waals surface area contributed by atoms with Crippen molar-refractivity contribution in [1.29, 1.82) is 5.26 Å². The van der Waals surface area contributed by atoms with E-state index in [9.17, 15) is 4.79 Å². The van der Waals surface area contributed by atoms with Crippen molar-refractivity contribution in [2.45, 2.75) is 12.8 Å². The number of pyridine rings is 1. The number of hydrogen-bond acceptors (Lipinski definition) is 4. The summed E-state index contributed by atoms with van der Waals surface area (Å²) in [5.41, 5.74) is 2.17. The summed E-state index contributed by atoms with van der Waals surface area (Å²) in [7, 11) is 0. The van der Waals surface area contributed by atoms with Gasteiger partial charge >= 0.3 is 0 Å². The van der Waals surface area contributed by atoms with Gasteiger partial charge in [-0.1, -0.05) is 12.1 Å². The zero-order valence-corrected chi connectivity index (χ0v) is 10.1. The molecule has 0 amide bonds. The number of rotatable bonds is 2. The summed E-state index contributed by atoms with van der Waals surface area (Å²) in [4.78, 5) is 15.7. The Balaban J connectivity index is 1.92. The fourth-order valence-corrected chi connectivity index (χ4v) is 2.17. The van der Waals surface area contributed by atoms with Gasteiger partial charge in [-0.05, 0) is 18.6 Å². The van der Waals surface area contributed by atoms with Gasteiger partial charge in [0.15, 0.2) is 5.78 Å². The Hall–Kier alpha value is -2.67. The molecule has 19 heavy (non-hydrogen) atoms. The van der Waals surface area contributed by atoms with Gasteiger partial charge < -0.3 is 4.74 Å². The van der Waals surface area contributed by atoms with Crippen LogP contribution in [0, 0.1) is 11.3 Å². The van der Waals surface area contributed by atoms with Gasteiger partial charge in [-0.25, -0.2) is 4.98 Å². The number of carbonyl (C=O) groups is 1. The van der Waals surface area contributed by atoms with Crippen LogP contribution in [0.15, 0.2) is 36.5 Å². The minimum absolute atomic E-state index is 0.160. The molecule has 4 heteroatoms. The first kappa shape index (κ1) is 11.4. The number of Topliss-reactive ketones (excluding diaryl/α,β-unsaturated/α-hetero) is 1. The van der Waals surface area contributed by atoms with E-state index in [0.29, 0.717) is 30.0 Å². The van der Waals surface area contributed by atoms with Gasteiger partial charge in [0.25, 0.3) is 0 Å². The van der Waals surface area contributed by atoms with E-state index in [-0.39, 0.29) is 5.78 Å². The van der Waals surface area contributed by atoms with Gasteiger partial charge in [-0.15, -0.1) is 0 Å². The van der Waals surface area contributed by atoms with E-state index in [1.165, 1.54) is 6.20 Å². The third kappa shape index (κ3) is 2.06. The highest BCUT2D eigenvalue weighted by molar-refractivity contribution is 6.01. The molecule has 1 aromatic heterocycles. The van der Waals surface area contributed by atoms with Gasteiger partial charge in [0, 0.05) is 29.8 Å². The molecule has 3 rings (SSSR count). The topological polar surface area (TPSA) is 63.0 Å². The van der Waals surface area contributed by atoms with Crippen molar-refractivity contribution < 1.29 is 9.53 Å². The largest absolute Gasteiger partial charge is 0.439 e. The molecule has 4 nitrogen and oxygen atoms in total. The predicted octanol–water partition coefficient (Wildman–Crippen LogP) is 2.87. The van der Waals surface area contributed by atoms with Crippen LogP contribution in [0.2, 0.25) is 0 Å². The van der Waals surface area contributed by atoms with E-state index in [4.69, 9.17) is 10.00 Å². The summed E-state index contributed by atoms with van der Waals surface area (Å²) in [5.74, 6) is 1.25. The summed E-state index contributed by atoms with van der Waals surface area (Å²) in [6.07, 6.45) is 2.71. The Kier molecular flexibility index (Phi) is 2.73. The van der Waals surface area contributed by atoms with Crippen LogP contribution in [0.5, 0.6) is 11.6 Å². The van der Waals surface area contributed by atoms with Crippen molar-refractivity contribution in [3.63, 3.8) is 0 Å². The minimum Gasteiger partial charge on any atom is -0.439 e. The number of benzene rings is 1. The standard InChI is InChI=1S/C15H10N2O2/c16-8-10-4-7-15(17-9-10)19-14-3-1-2-11-12(14)5-6-13(11)18/h1-4,7,9H,5-6H2. The second-order valence-electron chi connectivity index (χ2n) is 4.30. The molecule has 1 aromatic carbocycles. The highest BCUT2D eigenvalue weighted by atomic mass is 16.5. The van der Waals surface area contributed by atoms with E-state index in [1.54, 1.807) is 18.2 Å². The predicted molar refractivity (Wildman–Crippen MR) is 68.1 cm³/mol. The molecule has 92 valence electrons. The van der Waals surface area contributed by atoms with E-state index < -0.39 is 0 Å². The molecule has 0 spiro atoms. The minimum atomic E-state index is 0.160. The summed E-state index contributed by atoms with van der Waals surface area (Å²) < 4.78 is 5.70. The highest BCUT2D eigenvalue weighted by Crippen LogP contribution is 2.32. The van der Waals surface area contributed by atoms with E-state index in [2.05, 4.69) is 4.98 Å². The van der Waals surface area contributed by atoms with Crippen LogP contribution in [0.1, 0.15) is 27.9 Å². The fourth-order valence-electron chi connectivity index (χ4n) is 2.17. The quantitative estimate of drug-likeness (QED) is 0.822. The second-order valence-corrected chi connectivity index (χ2v) is 4.30. The summed E-state index contributed by atoms with van der Waals surface area (Å²) >= 11 is 0. The summed E-state index contributed by atoms with van der Waals surface area (Å²) in [6.45, 7) is 0. The Morgan fingerprint density at radius 3 is 2.84 bits per heavy atom. The molecule has 0 saturated heterocycles. The zero-order chi connectivity index (χ0) is 13.2. The Morgan fingerprint density at radius 2 is 2.11 bits per heavy atom. The van der Waals surface area contributed by atoms with E-state index in [0.717, 1.165) is 11.1 Å². The molecule has 0 aliphatic heterocycles. The van der Waals surface area contributed by atoms with Crippen LogP contribution in [-0.4, -0.2) is 10.8 Å². The lowest BCUT2D eigenvalue weighted by Crippen LogP contribution is -1.94. The first-order chi connectivity index (χ1) is 9.28. The molecule has 0 atom stereocenters. The normalized spacial score (nSPS) is 12.9. The van der Waals surface area contributed by atoms with Crippen molar-refractivity contribution in [3.05, 3.63) is 53.2 Å². The number of ether oxygens (including phenoxy) is 1. The molecule has 1 aliphatic rings. The van der Waals surface area contributed by atoms with Crippen molar-refractivity contribution in [3.8, 4) is 17.7 Å². The molecular weight excluding hydrogens is 240 g/mol. The number of nitriles is 1. The highest BCUT2D eigenvalue weighted by Gasteiger charge is 2.22. The van der Waals surface area contributed by atoms with E-state index in [1.807, 2.05) is 18.2 Å². The van der Waals surface area contributed by atoms with Gasteiger partial charge in [-0.3, -0.25) is 4.79 Å². The third-order valence-electron chi connectivity index (χ3n) is 3.12. The van der Waals surface area contributed by atoms with Crippen LogP contribution < -0.4 is 4.74 Å². The Labute approximate surface area is 110 Å². The van der Waals surface area contributed by atoms with Gasteiger partial charge in [0.1, 0.15) is 11.8 Å². The van der Waals surface area contributed by atoms with Gasteiger partial charge in [0.2, 0.25) is 5.88 Å². The van der Waals surface area contributed by atoms with Crippen molar-refractivity contribution in [2.75, 3.05) is 0 Å². The maximum absolute atomic E-state index is 11.6. The van der Waals surface area contributed by atoms with Crippen LogP contribution in [0.4, 0.5) is 0 Å². The van der Waals surface area contributed by atoms with Crippen LogP contribution in [0.25, 0.3) is 0 Å². The molecule has 0 fully saturated rings. The monoisotopic (exact) mass is 250 g/mol. The van der Waals surface area contributed by atoms with Crippen LogP contribution in [-0.2, 0) is 6.42 Å². The van der Waals surface area contributed by atoms with Crippen molar-refractivity contribution in [1.82, 2.24) is 4.98 Å². The lowest BCUT2D eigenvalue weighted by molar-refractivity contribution is 0.0994. The van der Waals surface area contributed by atoms with Crippen LogP contribution >= 0.6 is 0 Å². The fraction of sp³-hybridized carbons (Fsp3) is 0.133. The lowest BCUT2D eigenvalue weighted by Gasteiger charge is -2.08. The first-order valence-corrected chi connectivity index (χ1v) is 5.97. The zero-order valence-electron chi connectivity index (χ0n) is 10.1. The molecular formula is C15H10N2O2. The van der Waals surface area contributed by atoms with Crippen molar-refractivity contribution in [2.24, 2.45) is 0 Å². The van der Waals surface area contributed by atoms with Crippen LogP contribution in [0.3, 0.4) is 0 Å². The van der Waals surface area contributed by atoms with Gasteiger partial charge in [-0.2, -0.15) is 5.26 Å². The molecule has 2 aromatic rings. The number of aromatic nitrogens is 1. The molecule has 0 N–H and O–H groups in total. The average Bonchev–Trinajstić information content (AvgIpc) is 2.83. The van der Waals surface area contributed by atoms with Crippen molar-refractivity contribution >= 4 is 5.78 Å². The number of fused-ring (bicyclic) bond motifs is 1. The molecule has 0 bridgehead atoms. The maximum Gasteiger partial charge on any atom is 0.219 e. The Morgan fingerprint density at radius 1 is 1.21 bits per heavy atom. The number of carbonyl (C=O) groups excluding carboxylic acids is 1. The lowest BCUT2D eigenvalue weighted by atomic mass is 10.1. The third-order valence-corrected chi connectivity index (χ3v) is 3.12. The SMILES string of the molecule is N#Cc1ccc(Oc2cccc3c2CCC3=O)nc1. The van der Waals surface area contributed by atoms with Gasteiger partial charge in [0.05, 0.1) is 5.56 Å². The number of ketones is 1. The number of nitrogens with zero attached hydrogens (tertiary/aromatic N) is 2. The average molecular weight is 250 g/mol. The molecule has 0 saturated carbocycles. The summed E-state index contributed by atoms with van der Waals surface area (Å²) in [6, 6.07) is 10.8. The molecule has 1 heterocycles. The maximum atomic E-state index is 11.6. The first-order valence-electron chi connectivity index (χ1n) is 5.97. The smallest absolute Gasteiger partial charge is 0.219 e. The van der Waals surface area contributed by atoms with E-state index >= 15 is 0 Å². The second kappa shape index (κ2) is 4.54. The number of hydrogen-bond donors (Lipinski definition) is 0. The molecule has 1 aliphatic carbocycles. The molecule has 0 unspecified atom stereocenters. The molecule has 0 radical (unpaired) electrons.